The van der Waals surface area contributed by atoms with Gasteiger partial charge in [-0.1, -0.05) is 0 Å². The third kappa shape index (κ3) is 11.1. The van der Waals surface area contributed by atoms with Crippen molar-refractivity contribution in [3.8, 4) is 0 Å². The summed E-state index contributed by atoms with van der Waals surface area (Å²) < 4.78 is 43.4. The molecule has 0 atom stereocenters. The molecule has 0 aliphatic heterocycles. The van der Waals surface area contributed by atoms with Crippen molar-refractivity contribution in [2.45, 2.75) is 26.7 Å². The maximum atomic E-state index is 14.6. The SMILES string of the molecule is CC(=O)Nc1cc(NCCCNCCCONC(=O)c2ccc(F)c(F)c2Nc2ccc(I)cc2F)ccc1C(=O)Nc1nc(C)c([N+](=O)[O-])s1. The molecule has 270 valence electrons. The number of hydrogen-bond donors (Lipinski definition) is 6. The van der Waals surface area contributed by atoms with Gasteiger partial charge in [-0.15, -0.1) is 0 Å². The van der Waals surface area contributed by atoms with Gasteiger partial charge in [-0.25, -0.2) is 23.6 Å². The number of aromatic nitrogens is 1. The molecular weight excluding hydrogens is 808 g/mol. The van der Waals surface area contributed by atoms with E-state index in [1.807, 2.05) is 22.6 Å². The van der Waals surface area contributed by atoms with Gasteiger partial charge in [0.1, 0.15) is 11.5 Å². The average molecular weight is 841 g/mol. The van der Waals surface area contributed by atoms with Crippen LogP contribution in [0.25, 0.3) is 0 Å². The predicted molar refractivity (Wildman–Crippen MR) is 195 cm³/mol. The number of nitrogens with one attached hydrogen (secondary N) is 6. The Bertz CT molecular complexity index is 1930. The molecule has 1 heterocycles. The third-order valence-electron chi connectivity index (χ3n) is 6.89. The topological polar surface area (TPSA) is 189 Å². The van der Waals surface area contributed by atoms with Gasteiger partial charge in [0.15, 0.2) is 16.8 Å². The van der Waals surface area contributed by atoms with Crippen LogP contribution in [-0.2, 0) is 9.63 Å². The summed E-state index contributed by atoms with van der Waals surface area (Å²) in [7, 11) is 0. The zero-order chi connectivity index (χ0) is 37.1. The third-order valence-corrected chi connectivity index (χ3v) is 8.58. The molecule has 3 amide bonds. The minimum absolute atomic E-state index is 0.0602. The van der Waals surface area contributed by atoms with Crippen molar-refractivity contribution in [3.05, 3.63) is 96.5 Å². The van der Waals surface area contributed by atoms with Crippen molar-refractivity contribution in [1.29, 1.82) is 0 Å². The molecule has 0 saturated heterocycles. The molecule has 0 aliphatic carbocycles. The maximum Gasteiger partial charge on any atom is 0.348 e. The molecule has 14 nitrogen and oxygen atoms in total. The number of amides is 3. The Morgan fingerprint density at radius 2 is 1.67 bits per heavy atom. The molecule has 4 aromatic rings. The number of hydrogen-bond acceptors (Lipinski definition) is 11. The molecule has 0 radical (unpaired) electrons. The summed E-state index contributed by atoms with van der Waals surface area (Å²) in [5.41, 5.74) is 2.46. The average Bonchev–Trinajstić information content (AvgIpc) is 3.44. The highest BCUT2D eigenvalue weighted by Crippen LogP contribution is 2.31. The number of carbonyl (C=O) groups excluding carboxylic acids is 3. The van der Waals surface area contributed by atoms with Crippen molar-refractivity contribution >= 4 is 84.5 Å². The number of halogens is 4. The summed E-state index contributed by atoms with van der Waals surface area (Å²) in [6.07, 6.45) is 1.20. The highest BCUT2D eigenvalue weighted by molar-refractivity contribution is 14.1. The van der Waals surface area contributed by atoms with Crippen molar-refractivity contribution in [2.75, 3.05) is 47.5 Å². The molecular formula is C32H32F3IN8O6S. The standard InChI is InChI=1S/C32H32F3IN8O6S/c1-17-31(44(48)49)51-32(39-17)42-29(46)21-7-6-20(16-26(21)40-18(2)45)38-13-3-11-37-12-4-14-50-43-30(47)22-8-9-23(33)27(35)28(22)41-25-10-5-19(36)15-24(25)34/h5-10,15-16,37-38,41H,3-4,11-14H2,1-2H3,(H,40,45)(H,43,47)(H,39,42,46). The maximum absolute atomic E-state index is 14.6. The van der Waals surface area contributed by atoms with Gasteiger partial charge in [0.05, 0.1) is 39.7 Å². The summed E-state index contributed by atoms with van der Waals surface area (Å²) in [6.45, 7) is 4.59. The zero-order valence-electron chi connectivity index (χ0n) is 27.1. The van der Waals surface area contributed by atoms with Gasteiger partial charge in [-0.05, 0) is 115 Å². The number of carbonyl (C=O) groups is 3. The van der Waals surface area contributed by atoms with Crippen LogP contribution >= 0.6 is 33.9 Å². The van der Waals surface area contributed by atoms with E-state index in [1.165, 1.54) is 32.0 Å². The lowest BCUT2D eigenvalue weighted by atomic mass is 10.1. The molecule has 0 saturated carbocycles. The lowest BCUT2D eigenvalue weighted by molar-refractivity contribution is -0.380. The molecule has 6 N–H and O–H groups in total. The van der Waals surface area contributed by atoms with Crippen LogP contribution in [0.15, 0.2) is 48.5 Å². The smallest absolute Gasteiger partial charge is 0.348 e. The Balaban J connectivity index is 1.18. The molecule has 0 unspecified atom stereocenters. The lowest BCUT2D eigenvalue weighted by Crippen LogP contribution is -2.27. The summed E-state index contributed by atoms with van der Waals surface area (Å²) in [5.74, 6) is -5.10. The van der Waals surface area contributed by atoms with Crippen molar-refractivity contribution in [1.82, 2.24) is 15.8 Å². The fourth-order valence-electron chi connectivity index (χ4n) is 4.52. The number of benzene rings is 3. The van der Waals surface area contributed by atoms with E-state index < -0.39 is 45.8 Å². The molecule has 0 aliphatic rings. The van der Waals surface area contributed by atoms with Crippen LogP contribution < -0.4 is 32.1 Å². The van der Waals surface area contributed by atoms with E-state index in [9.17, 15) is 37.7 Å². The van der Waals surface area contributed by atoms with Gasteiger partial charge in [0, 0.05) is 22.7 Å². The second-order valence-electron chi connectivity index (χ2n) is 10.8. The zero-order valence-corrected chi connectivity index (χ0v) is 30.1. The Morgan fingerprint density at radius 3 is 2.37 bits per heavy atom. The second-order valence-corrected chi connectivity index (χ2v) is 13.0. The lowest BCUT2D eigenvalue weighted by Gasteiger charge is -2.14. The number of rotatable bonds is 17. The van der Waals surface area contributed by atoms with Crippen LogP contribution in [0.3, 0.4) is 0 Å². The van der Waals surface area contributed by atoms with E-state index in [1.54, 1.807) is 18.2 Å². The van der Waals surface area contributed by atoms with Gasteiger partial charge in [-0.3, -0.25) is 34.7 Å². The van der Waals surface area contributed by atoms with E-state index in [4.69, 9.17) is 4.84 Å². The molecule has 51 heavy (non-hydrogen) atoms. The monoisotopic (exact) mass is 840 g/mol. The van der Waals surface area contributed by atoms with Crippen molar-refractivity contribution < 1.29 is 37.3 Å². The van der Waals surface area contributed by atoms with Gasteiger partial charge in [0.25, 0.3) is 11.8 Å². The summed E-state index contributed by atoms with van der Waals surface area (Å²) in [6, 6.07) is 10.7. The van der Waals surface area contributed by atoms with E-state index in [0.29, 0.717) is 41.7 Å². The summed E-state index contributed by atoms with van der Waals surface area (Å²) in [4.78, 5) is 57.1. The first-order chi connectivity index (χ1) is 24.3. The molecule has 0 bridgehead atoms. The first kappa shape index (κ1) is 38.9. The number of anilines is 5. The fraction of sp³-hybridized carbons (Fsp3) is 0.250. The predicted octanol–water partition coefficient (Wildman–Crippen LogP) is 6.48. The van der Waals surface area contributed by atoms with Gasteiger partial charge >= 0.3 is 5.00 Å². The van der Waals surface area contributed by atoms with Gasteiger partial charge in [-0.2, -0.15) is 0 Å². The van der Waals surface area contributed by atoms with Gasteiger partial charge < -0.3 is 21.3 Å². The van der Waals surface area contributed by atoms with E-state index in [2.05, 4.69) is 37.0 Å². The van der Waals surface area contributed by atoms with Crippen LogP contribution in [0.5, 0.6) is 0 Å². The molecule has 0 fully saturated rings. The Kier molecular flexibility index (Phi) is 14.0. The first-order valence-electron chi connectivity index (χ1n) is 15.3. The van der Waals surface area contributed by atoms with Crippen molar-refractivity contribution in [3.63, 3.8) is 0 Å². The minimum Gasteiger partial charge on any atom is -0.385 e. The second kappa shape index (κ2) is 18.4. The van der Waals surface area contributed by atoms with Crippen LogP contribution in [0.2, 0.25) is 0 Å². The highest BCUT2D eigenvalue weighted by Gasteiger charge is 2.22. The quantitative estimate of drug-likeness (QED) is 0.0297. The van der Waals surface area contributed by atoms with Gasteiger partial charge in [0.2, 0.25) is 5.91 Å². The Labute approximate surface area is 307 Å². The molecule has 3 aromatic carbocycles. The Hall–Kier alpha value is -4.86. The summed E-state index contributed by atoms with van der Waals surface area (Å²) in [5, 5.41) is 25.0. The summed E-state index contributed by atoms with van der Waals surface area (Å²) >= 11 is 2.64. The number of nitro groups is 1. The minimum atomic E-state index is -1.34. The van der Waals surface area contributed by atoms with E-state index >= 15 is 0 Å². The fourth-order valence-corrected chi connectivity index (χ4v) is 5.75. The van der Waals surface area contributed by atoms with Crippen LogP contribution in [0.1, 0.15) is 46.2 Å². The molecule has 19 heteroatoms. The number of aryl methyl sites for hydroxylation is 1. The van der Waals surface area contributed by atoms with Crippen molar-refractivity contribution in [2.24, 2.45) is 0 Å². The Morgan fingerprint density at radius 1 is 0.922 bits per heavy atom. The van der Waals surface area contributed by atoms with Crippen LogP contribution in [0, 0.1) is 38.1 Å². The molecule has 4 rings (SSSR count). The van der Waals surface area contributed by atoms with Crippen LogP contribution in [0.4, 0.5) is 46.1 Å². The van der Waals surface area contributed by atoms with E-state index in [-0.39, 0.29) is 44.9 Å². The largest absolute Gasteiger partial charge is 0.385 e. The van der Waals surface area contributed by atoms with Crippen LogP contribution in [-0.4, -0.2) is 53.9 Å². The number of thiazole rings is 1. The normalized spacial score (nSPS) is 10.8. The molecule has 1 aromatic heterocycles. The molecule has 0 spiro atoms. The highest BCUT2D eigenvalue weighted by atomic mass is 127. The van der Waals surface area contributed by atoms with E-state index in [0.717, 1.165) is 23.5 Å². The first-order valence-corrected chi connectivity index (χ1v) is 17.1. The number of hydroxylamine groups is 1. The number of nitrogens with zero attached hydrogens (tertiary/aromatic N) is 2.